The number of hydrogen-bond acceptors (Lipinski definition) is 4. The third-order valence-corrected chi connectivity index (χ3v) is 4.19. The normalized spacial score (nSPS) is 21.7. The Morgan fingerprint density at radius 2 is 2.39 bits per heavy atom. The second-order valence-electron chi connectivity index (χ2n) is 4.27. The second kappa shape index (κ2) is 5.01. The fraction of sp³-hybridized carbons (Fsp3) is 0.545. The molecular weight excluding hydrogens is 254 g/mol. The van der Waals surface area contributed by atoms with Gasteiger partial charge in [-0.05, 0) is 19.8 Å². The standard InChI is InChI=1S/C11H15N3O3S/c1-6(12)13-4-2-3-7-10(11(16)17)14-8(15)5-9(14)18-7/h9H,2-5H2,1H3,(H2,12,13)(H,16,17)/t9-/m0/s1. The summed E-state index contributed by atoms with van der Waals surface area (Å²) in [7, 11) is 0. The maximum atomic E-state index is 11.4. The SMILES string of the molecule is CC(=N)NCCCC1=C(C(=O)O)N2C(=O)C[C@@H]2S1. The minimum atomic E-state index is -1.02. The summed E-state index contributed by atoms with van der Waals surface area (Å²) < 4.78 is 0. The lowest BCUT2D eigenvalue weighted by Gasteiger charge is -2.33. The highest BCUT2D eigenvalue weighted by Crippen LogP contribution is 2.47. The van der Waals surface area contributed by atoms with Crippen LogP contribution in [0.15, 0.2) is 10.6 Å². The van der Waals surface area contributed by atoms with E-state index >= 15 is 0 Å². The molecule has 3 N–H and O–H groups in total. The van der Waals surface area contributed by atoms with E-state index in [4.69, 9.17) is 10.5 Å². The summed E-state index contributed by atoms with van der Waals surface area (Å²) in [6, 6.07) is 0. The number of hydrogen-bond donors (Lipinski definition) is 3. The van der Waals surface area contributed by atoms with E-state index in [9.17, 15) is 9.59 Å². The van der Waals surface area contributed by atoms with Gasteiger partial charge in [0.2, 0.25) is 5.91 Å². The molecule has 98 valence electrons. The summed E-state index contributed by atoms with van der Waals surface area (Å²) in [6.45, 7) is 2.31. The highest BCUT2D eigenvalue weighted by Gasteiger charge is 2.47. The zero-order valence-corrected chi connectivity index (χ0v) is 10.8. The minimum Gasteiger partial charge on any atom is -0.477 e. The molecule has 0 radical (unpaired) electrons. The van der Waals surface area contributed by atoms with E-state index in [-0.39, 0.29) is 17.0 Å². The number of aliphatic carboxylic acids is 1. The van der Waals surface area contributed by atoms with Crippen LogP contribution in [0.5, 0.6) is 0 Å². The van der Waals surface area contributed by atoms with Crippen molar-refractivity contribution in [3.05, 3.63) is 10.6 Å². The maximum Gasteiger partial charge on any atom is 0.353 e. The van der Waals surface area contributed by atoms with Gasteiger partial charge in [0.1, 0.15) is 5.70 Å². The van der Waals surface area contributed by atoms with Crippen LogP contribution in [-0.2, 0) is 9.59 Å². The third-order valence-electron chi connectivity index (χ3n) is 2.86. The molecule has 2 aliphatic rings. The Bertz CT molecular complexity index is 447. The van der Waals surface area contributed by atoms with E-state index in [1.54, 1.807) is 6.92 Å². The topological polar surface area (TPSA) is 93.5 Å². The van der Waals surface area contributed by atoms with Crippen LogP contribution in [0.25, 0.3) is 0 Å². The molecule has 18 heavy (non-hydrogen) atoms. The van der Waals surface area contributed by atoms with Crippen molar-refractivity contribution >= 4 is 29.5 Å². The molecular formula is C11H15N3O3S. The number of β-lactam (4-membered cyclic amide) rings is 1. The molecule has 6 nitrogen and oxygen atoms in total. The maximum absolute atomic E-state index is 11.4. The number of carboxylic acid groups (broad SMARTS) is 1. The zero-order chi connectivity index (χ0) is 13.3. The number of allylic oxidation sites excluding steroid dienone is 1. The van der Waals surface area contributed by atoms with Crippen molar-refractivity contribution in [3.63, 3.8) is 0 Å². The Morgan fingerprint density at radius 1 is 1.67 bits per heavy atom. The van der Waals surface area contributed by atoms with Crippen LogP contribution in [0.1, 0.15) is 26.2 Å². The number of amidine groups is 1. The van der Waals surface area contributed by atoms with Crippen LogP contribution >= 0.6 is 11.8 Å². The molecule has 0 bridgehead atoms. The summed E-state index contributed by atoms with van der Waals surface area (Å²) in [5.41, 5.74) is 0.160. The molecule has 2 heterocycles. The van der Waals surface area contributed by atoms with E-state index in [1.807, 2.05) is 0 Å². The average Bonchev–Trinajstić information content (AvgIpc) is 2.57. The first-order valence-corrected chi connectivity index (χ1v) is 6.63. The van der Waals surface area contributed by atoms with Crippen molar-refractivity contribution in [2.24, 2.45) is 0 Å². The number of thioether (sulfide) groups is 1. The summed E-state index contributed by atoms with van der Waals surface area (Å²) in [4.78, 5) is 24.7. The zero-order valence-electron chi connectivity index (χ0n) is 10.0. The number of rotatable bonds is 5. The second-order valence-corrected chi connectivity index (χ2v) is 5.55. The smallest absolute Gasteiger partial charge is 0.353 e. The van der Waals surface area contributed by atoms with Gasteiger partial charge in [-0.2, -0.15) is 0 Å². The number of carbonyl (C=O) groups excluding carboxylic acids is 1. The van der Waals surface area contributed by atoms with E-state index in [0.717, 1.165) is 11.3 Å². The fourth-order valence-corrected chi connectivity index (χ4v) is 3.47. The summed E-state index contributed by atoms with van der Waals surface area (Å²) in [5, 5.41) is 19.2. The van der Waals surface area contributed by atoms with E-state index in [1.165, 1.54) is 16.7 Å². The fourth-order valence-electron chi connectivity index (χ4n) is 2.03. The molecule has 0 aromatic rings. The minimum absolute atomic E-state index is 0.00367. The molecule has 0 aromatic carbocycles. The molecule has 7 heteroatoms. The number of carbonyl (C=O) groups is 2. The Balaban J connectivity index is 1.96. The molecule has 0 saturated carbocycles. The van der Waals surface area contributed by atoms with Crippen LogP contribution in [0.4, 0.5) is 0 Å². The number of nitrogens with zero attached hydrogens (tertiary/aromatic N) is 1. The molecule has 0 spiro atoms. The lowest BCUT2D eigenvalue weighted by atomic mass is 10.1. The molecule has 0 aromatic heterocycles. The summed E-state index contributed by atoms with van der Waals surface area (Å²) in [6.07, 6.45) is 1.82. The van der Waals surface area contributed by atoms with Crippen molar-refractivity contribution in [2.45, 2.75) is 31.6 Å². The predicted molar refractivity (Wildman–Crippen MR) is 68.1 cm³/mol. The van der Waals surface area contributed by atoms with Gasteiger partial charge in [0.15, 0.2) is 0 Å². The summed E-state index contributed by atoms with van der Waals surface area (Å²) in [5.74, 6) is -0.724. The van der Waals surface area contributed by atoms with Crippen molar-refractivity contribution < 1.29 is 14.7 Å². The lowest BCUT2D eigenvalue weighted by molar-refractivity contribution is -0.145. The average molecular weight is 269 g/mol. The number of amides is 1. The van der Waals surface area contributed by atoms with Gasteiger partial charge in [0.25, 0.3) is 0 Å². The molecule has 1 atom stereocenters. The highest BCUT2D eigenvalue weighted by atomic mass is 32.2. The van der Waals surface area contributed by atoms with E-state index in [0.29, 0.717) is 25.2 Å². The third kappa shape index (κ3) is 2.35. The van der Waals surface area contributed by atoms with Gasteiger partial charge in [-0.25, -0.2) is 4.79 Å². The van der Waals surface area contributed by atoms with Gasteiger partial charge in [-0.15, -0.1) is 11.8 Å². The van der Waals surface area contributed by atoms with Crippen LogP contribution in [0.3, 0.4) is 0 Å². The number of nitrogens with one attached hydrogen (secondary N) is 2. The van der Waals surface area contributed by atoms with Gasteiger partial charge in [0, 0.05) is 11.4 Å². The molecule has 1 amide bonds. The molecule has 0 aliphatic carbocycles. The molecule has 1 fully saturated rings. The van der Waals surface area contributed by atoms with Crippen LogP contribution in [-0.4, -0.2) is 39.6 Å². The van der Waals surface area contributed by atoms with Crippen LogP contribution < -0.4 is 5.32 Å². The van der Waals surface area contributed by atoms with Crippen molar-refractivity contribution in [1.82, 2.24) is 10.2 Å². The number of carboxylic acids is 1. The molecule has 1 saturated heterocycles. The largest absolute Gasteiger partial charge is 0.477 e. The van der Waals surface area contributed by atoms with E-state index < -0.39 is 5.97 Å². The van der Waals surface area contributed by atoms with Gasteiger partial charge in [-0.1, -0.05) is 0 Å². The van der Waals surface area contributed by atoms with Gasteiger partial charge >= 0.3 is 5.97 Å². The van der Waals surface area contributed by atoms with Gasteiger partial charge < -0.3 is 10.4 Å². The van der Waals surface area contributed by atoms with Crippen molar-refractivity contribution in [3.8, 4) is 0 Å². The Labute approximate surface area is 109 Å². The van der Waals surface area contributed by atoms with Crippen LogP contribution in [0, 0.1) is 5.41 Å². The quantitative estimate of drug-likeness (QED) is 0.299. The van der Waals surface area contributed by atoms with Crippen molar-refractivity contribution in [2.75, 3.05) is 6.54 Å². The Morgan fingerprint density at radius 3 is 2.94 bits per heavy atom. The first-order valence-electron chi connectivity index (χ1n) is 5.75. The molecule has 2 aliphatic heterocycles. The number of fused-ring (bicyclic) bond motifs is 1. The molecule has 0 unspecified atom stereocenters. The first-order chi connectivity index (χ1) is 8.50. The van der Waals surface area contributed by atoms with E-state index in [2.05, 4.69) is 5.32 Å². The lowest BCUT2D eigenvalue weighted by Crippen LogP contribution is -2.48. The molecule has 2 rings (SSSR count). The Hall–Kier alpha value is -1.50. The predicted octanol–water partition coefficient (Wildman–Crippen LogP) is 0.955. The van der Waals surface area contributed by atoms with Gasteiger partial charge in [-0.3, -0.25) is 15.1 Å². The monoisotopic (exact) mass is 269 g/mol. The first kappa shape index (κ1) is 12.9. The highest BCUT2D eigenvalue weighted by molar-refractivity contribution is 8.04. The van der Waals surface area contributed by atoms with Crippen molar-refractivity contribution in [1.29, 1.82) is 5.41 Å². The summed E-state index contributed by atoms with van der Waals surface area (Å²) >= 11 is 1.48. The van der Waals surface area contributed by atoms with Gasteiger partial charge in [0.05, 0.1) is 17.6 Å². The van der Waals surface area contributed by atoms with Crippen LogP contribution in [0.2, 0.25) is 0 Å². The Kier molecular flexibility index (Phi) is 3.60.